The molecule has 4 rings (SSSR count). The Hall–Kier alpha value is -2.29. The van der Waals surface area contributed by atoms with Crippen molar-refractivity contribution in [3.63, 3.8) is 0 Å². The van der Waals surface area contributed by atoms with Crippen LogP contribution in [-0.4, -0.2) is 44.3 Å². The van der Waals surface area contributed by atoms with E-state index in [2.05, 4.69) is 6.92 Å². The fourth-order valence-corrected chi connectivity index (χ4v) is 6.19. The van der Waals surface area contributed by atoms with Gasteiger partial charge in [0.25, 0.3) is 0 Å². The number of carbonyl (C=O) groups excluding carboxylic acids is 1. The van der Waals surface area contributed by atoms with Gasteiger partial charge in [-0.25, -0.2) is 13.4 Å². The molecule has 2 heterocycles. The lowest BCUT2D eigenvalue weighted by Crippen LogP contribution is -2.41. The lowest BCUT2D eigenvalue weighted by molar-refractivity contribution is -0.116. The summed E-state index contributed by atoms with van der Waals surface area (Å²) >= 11 is 1.42. The molecule has 0 bridgehead atoms. The Bertz CT molecular complexity index is 1150. The number of rotatable bonds is 8. The van der Waals surface area contributed by atoms with Gasteiger partial charge in [-0.2, -0.15) is 0 Å². The number of para-hydroxylation sites is 1. The monoisotopic (exact) mass is 458 g/mol. The first-order valence-corrected chi connectivity index (χ1v) is 13.1. The molecule has 6 nitrogen and oxygen atoms in total. The van der Waals surface area contributed by atoms with Crippen molar-refractivity contribution < 1.29 is 17.9 Å². The van der Waals surface area contributed by atoms with E-state index in [0.29, 0.717) is 23.8 Å². The molecule has 0 saturated carbocycles. The summed E-state index contributed by atoms with van der Waals surface area (Å²) in [7, 11) is -3.62. The normalized spacial score (nSPS) is 16.6. The summed E-state index contributed by atoms with van der Waals surface area (Å²) in [5, 5.41) is 0.534. The van der Waals surface area contributed by atoms with Crippen LogP contribution in [0.5, 0.6) is 0 Å². The van der Waals surface area contributed by atoms with Crippen LogP contribution >= 0.6 is 11.3 Å². The standard InChI is InChI=1S/C23H26N2O4S2/c1-2-18-10-6-12-20-22(18)24-23(30-20)25(14-19-11-7-13-29-19)21(26)16-31(27,28)15-17-8-4-3-5-9-17/h3-6,8-10,12,19H,2,7,11,13-16H2,1H3. The highest BCUT2D eigenvalue weighted by molar-refractivity contribution is 7.91. The average molecular weight is 459 g/mol. The molecule has 1 unspecified atom stereocenters. The van der Waals surface area contributed by atoms with Crippen LogP contribution in [0.3, 0.4) is 0 Å². The second-order valence-corrected chi connectivity index (χ2v) is 10.8. The van der Waals surface area contributed by atoms with Crippen LogP contribution in [0.15, 0.2) is 48.5 Å². The van der Waals surface area contributed by atoms with E-state index in [0.717, 1.165) is 35.0 Å². The number of hydrogen-bond donors (Lipinski definition) is 0. The Morgan fingerprint density at radius 2 is 2.00 bits per heavy atom. The second kappa shape index (κ2) is 9.46. The van der Waals surface area contributed by atoms with Gasteiger partial charge in [-0.3, -0.25) is 9.69 Å². The van der Waals surface area contributed by atoms with Gasteiger partial charge in [0.05, 0.1) is 28.6 Å². The fourth-order valence-electron chi connectivity index (χ4n) is 3.82. The highest BCUT2D eigenvalue weighted by Gasteiger charge is 2.29. The van der Waals surface area contributed by atoms with E-state index in [1.54, 1.807) is 24.3 Å². The molecule has 0 aliphatic carbocycles. The summed E-state index contributed by atoms with van der Waals surface area (Å²) in [5.41, 5.74) is 2.66. The molecule has 2 aromatic carbocycles. The number of carbonyl (C=O) groups is 1. The third kappa shape index (κ3) is 5.31. The number of amides is 1. The number of ether oxygens (including phenoxy) is 1. The number of nitrogens with zero attached hydrogens (tertiary/aromatic N) is 2. The number of sulfone groups is 1. The smallest absolute Gasteiger partial charge is 0.244 e. The van der Waals surface area contributed by atoms with E-state index >= 15 is 0 Å². The maximum atomic E-state index is 13.2. The molecule has 0 N–H and O–H groups in total. The van der Waals surface area contributed by atoms with E-state index in [1.165, 1.54) is 16.2 Å². The summed E-state index contributed by atoms with van der Waals surface area (Å²) in [4.78, 5) is 19.5. The van der Waals surface area contributed by atoms with Gasteiger partial charge in [0.1, 0.15) is 5.75 Å². The number of anilines is 1. The van der Waals surface area contributed by atoms with Crippen molar-refractivity contribution in [1.29, 1.82) is 0 Å². The van der Waals surface area contributed by atoms with Crippen LogP contribution < -0.4 is 4.90 Å². The maximum absolute atomic E-state index is 13.2. The van der Waals surface area contributed by atoms with Gasteiger partial charge >= 0.3 is 0 Å². The average Bonchev–Trinajstić information content (AvgIpc) is 3.41. The Labute approximate surface area is 186 Å². The summed E-state index contributed by atoms with van der Waals surface area (Å²) in [6.07, 6.45) is 2.54. The zero-order chi connectivity index (χ0) is 21.8. The van der Waals surface area contributed by atoms with Crippen molar-refractivity contribution in [2.75, 3.05) is 23.8 Å². The van der Waals surface area contributed by atoms with Gasteiger partial charge in [-0.1, -0.05) is 60.7 Å². The van der Waals surface area contributed by atoms with Crippen LogP contribution in [-0.2, 0) is 31.5 Å². The Morgan fingerprint density at radius 1 is 1.19 bits per heavy atom. The zero-order valence-electron chi connectivity index (χ0n) is 17.5. The van der Waals surface area contributed by atoms with Crippen molar-refractivity contribution in [2.45, 2.75) is 38.0 Å². The number of aromatic nitrogens is 1. The molecule has 0 spiro atoms. The Morgan fingerprint density at radius 3 is 2.71 bits per heavy atom. The topological polar surface area (TPSA) is 76.6 Å². The molecule has 1 aliphatic heterocycles. The molecule has 1 aliphatic rings. The lowest BCUT2D eigenvalue weighted by Gasteiger charge is -2.23. The molecule has 8 heteroatoms. The van der Waals surface area contributed by atoms with Crippen molar-refractivity contribution in [2.24, 2.45) is 0 Å². The van der Waals surface area contributed by atoms with E-state index < -0.39 is 21.5 Å². The largest absolute Gasteiger partial charge is 0.376 e. The van der Waals surface area contributed by atoms with Gasteiger partial charge in [0.2, 0.25) is 5.91 Å². The summed E-state index contributed by atoms with van der Waals surface area (Å²) in [6.45, 7) is 3.05. The van der Waals surface area contributed by atoms with Gasteiger partial charge in [0.15, 0.2) is 15.0 Å². The minimum atomic E-state index is -3.62. The molecule has 1 saturated heterocycles. The molecule has 1 fully saturated rings. The van der Waals surface area contributed by atoms with E-state index in [-0.39, 0.29) is 11.9 Å². The fraction of sp³-hybridized carbons (Fsp3) is 0.391. The van der Waals surface area contributed by atoms with Gasteiger partial charge in [-0.15, -0.1) is 0 Å². The first-order valence-electron chi connectivity index (χ1n) is 10.5. The van der Waals surface area contributed by atoms with Crippen LogP contribution in [0, 0.1) is 0 Å². The van der Waals surface area contributed by atoms with Crippen LogP contribution in [0.1, 0.15) is 30.9 Å². The summed E-state index contributed by atoms with van der Waals surface area (Å²) < 4.78 is 32.2. The van der Waals surface area contributed by atoms with Crippen LogP contribution in [0.4, 0.5) is 5.13 Å². The van der Waals surface area contributed by atoms with Gasteiger partial charge in [-0.05, 0) is 36.5 Å². The number of fused-ring (bicyclic) bond motifs is 1. The van der Waals surface area contributed by atoms with Crippen molar-refractivity contribution in [3.8, 4) is 0 Å². The summed E-state index contributed by atoms with van der Waals surface area (Å²) in [6, 6.07) is 14.9. The molecule has 164 valence electrons. The molecular weight excluding hydrogens is 432 g/mol. The molecule has 31 heavy (non-hydrogen) atoms. The molecule has 0 radical (unpaired) electrons. The third-order valence-corrected chi connectivity index (χ3v) is 7.89. The molecular formula is C23H26N2O4S2. The Kier molecular flexibility index (Phi) is 6.69. The SMILES string of the molecule is CCc1cccc2sc(N(CC3CCCO3)C(=O)CS(=O)(=O)Cc3ccccc3)nc12. The van der Waals surface area contributed by atoms with Crippen LogP contribution in [0.25, 0.3) is 10.2 Å². The third-order valence-electron chi connectivity index (χ3n) is 5.39. The zero-order valence-corrected chi connectivity index (χ0v) is 19.1. The van der Waals surface area contributed by atoms with E-state index in [9.17, 15) is 13.2 Å². The highest BCUT2D eigenvalue weighted by Crippen LogP contribution is 2.32. The molecule has 1 aromatic heterocycles. The lowest BCUT2D eigenvalue weighted by atomic mass is 10.1. The predicted octanol–water partition coefficient (Wildman–Crippen LogP) is 3.99. The molecule has 1 atom stereocenters. The van der Waals surface area contributed by atoms with Crippen LogP contribution in [0.2, 0.25) is 0 Å². The molecule has 3 aromatic rings. The number of hydrogen-bond acceptors (Lipinski definition) is 6. The maximum Gasteiger partial charge on any atom is 0.244 e. The minimum Gasteiger partial charge on any atom is -0.376 e. The highest BCUT2D eigenvalue weighted by atomic mass is 32.2. The van der Waals surface area contributed by atoms with Crippen molar-refractivity contribution in [1.82, 2.24) is 4.98 Å². The number of thiazole rings is 1. The van der Waals surface area contributed by atoms with Crippen molar-refractivity contribution >= 4 is 42.4 Å². The molecule has 1 amide bonds. The van der Waals surface area contributed by atoms with Crippen molar-refractivity contribution in [3.05, 3.63) is 59.7 Å². The van der Waals surface area contributed by atoms with Gasteiger partial charge < -0.3 is 4.74 Å². The van der Waals surface area contributed by atoms with Gasteiger partial charge in [0, 0.05) is 6.61 Å². The number of aryl methyl sites for hydroxylation is 1. The number of benzene rings is 2. The van der Waals surface area contributed by atoms with E-state index in [4.69, 9.17) is 9.72 Å². The second-order valence-electron chi connectivity index (χ2n) is 7.77. The first-order chi connectivity index (χ1) is 14.9. The Balaban J connectivity index is 1.60. The van der Waals surface area contributed by atoms with E-state index in [1.807, 2.05) is 24.3 Å². The minimum absolute atomic E-state index is 0.0987. The predicted molar refractivity (Wildman–Crippen MR) is 124 cm³/mol. The summed E-state index contributed by atoms with van der Waals surface area (Å²) in [5.74, 6) is -1.17. The first kappa shape index (κ1) is 21.9. The quantitative estimate of drug-likeness (QED) is 0.510.